The first-order valence-electron chi connectivity index (χ1n) is 10.8. The molecular weight excluding hydrogens is 386 g/mol. The molecule has 5 heteroatoms. The maximum absolute atomic E-state index is 12.8. The van der Waals surface area contributed by atoms with Gasteiger partial charge in [-0.15, -0.1) is 0 Å². The van der Waals surface area contributed by atoms with Crippen LogP contribution in [0.1, 0.15) is 28.3 Å². The number of nitrogens with one attached hydrogen (secondary N) is 2. The van der Waals surface area contributed by atoms with Gasteiger partial charge in [0.2, 0.25) is 0 Å². The Kier molecular flexibility index (Phi) is 7.32. The van der Waals surface area contributed by atoms with Gasteiger partial charge in [-0.3, -0.25) is 4.90 Å². The Morgan fingerprint density at radius 2 is 1.35 bits per heavy atom. The number of rotatable bonds is 7. The zero-order valence-electron chi connectivity index (χ0n) is 17.7. The lowest BCUT2D eigenvalue weighted by Gasteiger charge is -2.27. The smallest absolute Gasteiger partial charge is 0.315 e. The van der Waals surface area contributed by atoms with Gasteiger partial charge in [0.05, 0.1) is 19.3 Å². The summed E-state index contributed by atoms with van der Waals surface area (Å²) in [6.45, 7) is 4.81. The van der Waals surface area contributed by atoms with E-state index in [9.17, 15) is 4.79 Å². The normalized spacial score (nSPS) is 14.4. The SMILES string of the molecule is O=C(NCc1ccccc1CN1CCOCC1)NC(c1ccccc1)c1ccccc1. The minimum Gasteiger partial charge on any atom is -0.379 e. The van der Waals surface area contributed by atoms with Crippen LogP contribution in [-0.4, -0.2) is 37.2 Å². The minimum absolute atomic E-state index is 0.182. The molecule has 0 spiro atoms. The predicted molar refractivity (Wildman–Crippen MR) is 123 cm³/mol. The van der Waals surface area contributed by atoms with Crippen LogP contribution in [0.25, 0.3) is 0 Å². The van der Waals surface area contributed by atoms with Crippen LogP contribution in [0.4, 0.5) is 4.79 Å². The van der Waals surface area contributed by atoms with Crippen molar-refractivity contribution in [2.45, 2.75) is 19.1 Å². The molecule has 0 aromatic heterocycles. The molecule has 1 fully saturated rings. The van der Waals surface area contributed by atoms with Gasteiger partial charge in [0, 0.05) is 26.2 Å². The maximum Gasteiger partial charge on any atom is 0.315 e. The molecule has 0 aliphatic carbocycles. The second kappa shape index (κ2) is 10.8. The molecule has 1 aliphatic heterocycles. The monoisotopic (exact) mass is 415 g/mol. The van der Waals surface area contributed by atoms with Gasteiger partial charge in [0.15, 0.2) is 0 Å². The van der Waals surface area contributed by atoms with E-state index in [1.54, 1.807) is 0 Å². The number of carbonyl (C=O) groups is 1. The highest BCUT2D eigenvalue weighted by Gasteiger charge is 2.17. The molecule has 3 aromatic rings. The third-order valence-corrected chi connectivity index (χ3v) is 5.60. The fourth-order valence-electron chi connectivity index (χ4n) is 3.89. The van der Waals surface area contributed by atoms with Crippen molar-refractivity contribution in [2.75, 3.05) is 26.3 Å². The lowest BCUT2D eigenvalue weighted by Crippen LogP contribution is -2.38. The molecule has 160 valence electrons. The Morgan fingerprint density at radius 1 is 0.806 bits per heavy atom. The highest BCUT2D eigenvalue weighted by Crippen LogP contribution is 2.21. The number of nitrogens with zero attached hydrogens (tertiary/aromatic N) is 1. The van der Waals surface area contributed by atoms with Crippen molar-refractivity contribution >= 4 is 6.03 Å². The van der Waals surface area contributed by atoms with E-state index >= 15 is 0 Å². The van der Waals surface area contributed by atoms with E-state index in [-0.39, 0.29) is 12.1 Å². The summed E-state index contributed by atoms with van der Waals surface area (Å²) in [6.07, 6.45) is 0. The molecular formula is C26H29N3O2. The molecule has 31 heavy (non-hydrogen) atoms. The van der Waals surface area contributed by atoms with Crippen molar-refractivity contribution in [2.24, 2.45) is 0 Å². The minimum atomic E-state index is -0.203. The first-order valence-corrected chi connectivity index (χ1v) is 10.8. The lowest BCUT2D eigenvalue weighted by atomic mass is 9.99. The fourth-order valence-corrected chi connectivity index (χ4v) is 3.89. The number of urea groups is 1. The highest BCUT2D eigenvalue weighted by molar-refractivity contribution is 5.75. The summed E-state index contributed by atoms with van der Waals surface area (Å²) < 4.78 is 5.45. The number of amides is 2. The summed E-state index contributed by atoms with van der Waals surface area (Å²) in [6, 6.07) is 28.0. The third-order valence-electron chi connectivity index (χ3n) is 5.60. The molecule has 0 atom stereocenters. The van der Waals surface area contributed by atoms with Crippen LogP contribution in [0, 0.1) is 0 Å². The average Bonchev–Trinajstić information content (AvgIpc) is 2.84. The van der Waals surface area contributed by atoms with Gasteiger partial charge < -0.3 is 15.4 Å². The largest absolute Gasteiger partial charge is 0.379 e. The molecule has 0 bridgehead atoms. The molecule has 1 aliphatic rings. The van der Waals surface area contributed by atoms with Gasteiger partial charge >= 0.3 is 6.03 Å². The predicted octanol–water partition coefficient (Wildman–Crippen LogP) is 4.11. The van der Waals surface area contributed by atoms with Crippen molar-refractivity contribution in [3.05, 3.63) is 107 Å². The van der Waals surface area contributed by atoms with Crippen LogP contribution in [0.15, 0.2) is 84.9 Å². The molecule has 5 nitrogen and oxygen atoms in total. The lowest BCUT2D eigenvalue weighted by molar-refractivity contribution is 0.0341. The maximum atomic E-state index is 12.8. The van der Waals surface area contributed by atoms with Gasteiger partial charge in [0.25, 0.3) is 0 Å². The second-order valence-corrected chi connectivity index (χ2v) is 7.74. The summed E-state index contributed by atoms with van der Waals surface area (Å²) in [5.41, 5.74) is 4.49. The summed E-state index contributed by atoms with van der Waals surface area (Å²) in [5.74, 6) is 0. The zero-order valence-corrected chi connectivity index (χ0v) is 17.7. The summed E-state index contributed by atoms with van der Waals surface area (Å²) >= 11 is 0. The Labute approximate surface area is 184 Å². The van der Waals surface area contributed by atoms with Gasteiger partial charge in [-0.1, -0.05) is 84.9 Å². The van der Waals surface area contributed by atoms with E-state index in [0.29, 0.717) is 6.54 Å². The number of benzene rings is 3. The van der Waals surface area contributed by atoms with Crippen LogP contribution in [0.2, 0.25) is 0 Å². The molecule has 0 saturated carbocycles. The van der Waals surface area contributed by atoms with Crippen molar-refractivity contribution in [3.63, 3.8) is 0 Å². The van der Waals surface area contributed by atoms with Crippen LogP contribution in [0.3, 0.4) is 0 Å². The van der Waals surface area contributed by atoms with Crippen LogP contribution >= 0.6 is 0 Å². The molecule has 1 heterocycles. The first kappa shape index (κ1) is 21.1. The highest BCUT2D eigenvalue weighted by atomic mass is 16.5. The van der Waals surface area contributed by atoms with Gasteiger partial charge in [-0.25, -0.2) is 4.79 Å². The van der Waals surface area contributed by atoms with Crippen molar-refractivity contribution < 1.29 is 9.53 Å². The molecule has 1 saturated heterocycles. The van der Waals surface area contributed by atoms with Crippen molar-refractivity contribution in [3.8, 4) is 0 Å². The molecule has 2 amide bonds. The van der Waals surface area contributed by atoms with E-state index in [4.69, 9.17) is 4.74 Å². The Balaban J connectivity index is 1.41. The van der Waals surface area contributed by atoms with Crippen LogP contribution in [0.5, 0.6) is 0 Å². The molecule has 0 radical (unpaired) electrons. The third kappa shape index (κ3) is 5.94. The summed E-state index contributed by atoms with van der Waals surface area (Å²) in [7, 11) is 0. The molecule has 4 rings (SSSR count). The van der Waals surface area contributed by atoms with Crippen molar-refractivity contribution in [1.29, 1.82) is 0 Å². The Morgan fingerprint density at radius 3 is 1.97 bits per heavy atom. The van der Waals surface area contributed by atoms with E-state index in [2.05, 4.69) is 33.7 Å². The number of ether oxygens (including phenoxy) is 1. The molecule has 2 N–H and O–H groups in total. The second-order valence-electron chi connectivity index (χ2n) is 7.74. The van der Waals surface area contributed by atoms with Crippen LogP contribution < -0.4 is 10.6 Å². The van der Waals surface area contributed by atoms with E-state index in [1.807, 2.05) is 66.7 Å². The van der Waals surface area contributed by atoms with Gasteiger partial charge in [0.1, 0.15) is 0 Å². The zero-order chi connectivity index (χ0) is 21.3. The van der Waals surface area contributed by atoms with Crippen molar-refractivity contribution in [1.82, 2.24) is 15.5 Å². The Hall–Kier alpha value is -3.15. The number of carbonyl (C=O) groups excluding carboxylic acids is 1. The number of hydrogen-bond donors (Lipinski definition) is 2. The van der Waals surface area contributed by atoms with Gasteiger partial charge in [-0.2, -0.15) is 0 Å². The average molecular weight is 416 g/mol. The van der Waals surface area contributed by atoms with E-state index < -0.39 is 0 Å². The molecule has 3 aromatic carbocycles. The fraction of sp³-hybridized carbons (Fsp3) is 0.269. The van der Waals surface area contributed by atoms with E-state index in [1.165, 1.54) is 5.56 Å². The van der Waals surface area contributed by atoms with Gasteiger partial charge in [-0.05, 0) is 22.3 Å². The Bertz CT molecular complexity index is 917. The van der Waals surface area contributed by atoms with Crippen LogP contribution in [-0.2, 0) is 17.8 Å². The molecule has 0 unspecified atom stereocenters. The number of hydrogen-bond acceptors (Lipinski definition) is 3. The van der Waals surface area contributed by atoms with E-state index in [0.717, 1.165) is 49.5 Å². The summed E-state index contributed by atoms with van der Waals surface area (Å²) in [5, 5.41) is 6.20. The first-order chi connectivity index (χ1) is 15.3. The summed E-state index contributed by atoms with van der Waals surface area (Å²) in [4.78, 5) is 15.2. The standard InChI is InChI=1S/C26H29N3O2/c30-26(28-25(21-9-3-1-4-10-21)22-11-5-2-6-12-22)27-19-23-13-7-8-14-24(23)20-29-15-17-31-18-16-29/h1-14,25H,15-20H2,(H2,27,28,30). The topological polar surface area (TPSA) is 53.6 Å². The number of morpholine rings is 1. The quantitative estimate of drug-likeness (QED) is 0.611.